The molecule has 1 aliphatic carbocycles. The second kappa shape index (κ2) is 8.97. The van der Waals surface area contributed by atoms with Crippen LogP contribution in [0.2, 0.25) is 0 Å². The highest BCUT2D eigenvalue weighted by atomic mass is 16.2. The first-order valence-electron chi connectivity index (χ1n) is 9.67. The first-order valence-corrected chi connectivity index (χ1v) is 9.67. The van der Waals surface area contributed by atoms with Gasteiger partial charge in [-0.25, -0.2) is 0 Å². The summed E-state index contributed by atoms with van der Waals surface area (Å²) in [7, 11) is 0. The number of aromatic nitrogens is 1. The standard InChI is InChI=1S/C20H29N3O2/c24-19(7-6-17-8-10-21-11-9-17)22-12-3-13-23(15-14-22)20(25)16-18-4-1-2-5-18/h8-11,18H,1-7,12-16H2. The number of carbonyl (C=O) groups excluding carboxylic acids is 2. The molecule has 5 nitrogen and oxygen atoms in total. The predicted molar refractivity (Wildman–Crippen MR) is 96.9 cm³/mol. The number of carbonyl (C=O) groups is 2. The third kappa shape index (κ3) is 5.28. The monoisotopic (exact) mass is 343 g/mol. The lowest BCUT2D eigenvalue weighted by atomic mass is 10.0. The second-order valence-electron chi connectivity index (χ2n) is 7.33. The number of amides is 2. The highest BCUT2D eigenvalue weighted by Crippen LogP contribution is 2.28. The molecule has 2 heterocycles. The van der Waals surface area contributed by atoms with Crippen molar-refractivity contribution in [3.8, 4) is 0 Å². The molecule has 3 rings (SSSR count). The lowest BCUT2D eigenvalue weighted by molar-refractivity contribution is -0.134. The third-order valence-corrected chi connectivity index (χ3v) is 5.52. The van der Waals surface area contributed by atoms with Gasteiger partial charge in [0.1, 0.15) is 0 Å². The van der Waals surface area contributed by atoms with Gasteiger partial charge < -0.3 is 9.80 Å². The summed E-state index contributed by atoms with van der Waals surface area (Å²) in [6.07, 6.45) is 11.4. The molecule has 136 valence electrons. The van der Waals surface area contributed by atoms with Gasteiger partial charge in [0, 0.05) is 51.4 Å². The minimum absolute atomic E-state index is 0.196. The van der Waals surface area contributed by atoms with E-state index < -0.39 is 0 Å². The van der Waals surface area contributed by atoms with E-state index in [4.69, 9.17) is 0 Å². The summed E-state index contributed by atoms with van der Waals surface area (Å²) in [5.74, 6) is 1.08. The fourth-order valence-corrected chi connectivity index (χ4v) is 3.97. The molecule has 1 aliphatic heterocycles. The molecule has 0 atom stereocenters. The van der Waals surface area contributed by atoms with E-state index in [1.807, 2.05) is 21.9 Å². The Labute approximate surface area is 150 Å². The smallest absolute Gasteiger partial charge is 0.222 e. The first-order chi connectivity index (χ1) is 12.2. The summed E-state index contributed by atoms with van der Waals surface area (Å²) < 4.78 is 0. The molecule has 2 amide bonds. The zero-order valence-corrected chi connectivity index (χ0v) is 15.0. The van der Waals surface area contributed by atoms with Crippen molar-refractivity contribution in [1.29, 1.82) is 0 Å². The van der Waals surface area contributed by atoms with Gasteiger partial charge in [0.05, 0.1) is 0 Å². The molecule has 1 aromatic rings. The van der Waals surface area contributed by atoms with Crippen LogP contribution < -0.4 is 0 Å². The summed E-state index contributed by atoms with van der Waals surface area (Å²) in [5, 5.41) is 0. The van der Waals surface area contributed by atoms with Crippen molar-refractivity contribution in [1.82, 2.24) is 14.8 Å². The molecule has 0 spiro atoms. The van der Waals surface area contributed by atoms with Gasteiger partial charge in [-0.1, -0.05) is 12.8 Å². The molecule has 25 heavy (non-hydrogen) atoms. The zero-order valence-electron chi connectivity index (χ0n) is 15.0. The Morgan fingerprint density at radius 3 is 2.24 bits per heavy atom. The van der Waals surface area contributed by atoms with Gasteiger partial charge in [0.15, 0.2) is 0 Å². The van der Waals surface area contributed by atoms with E-state index in [1.165, 1.54) is 25.7 Å². The summed E-state index contributed by atoms with van der Waals surface area (Å²) in [5.41, 5.74) is 1.14. The van der Waals surface area contributed by atoms with E-state index in [1.54, 1.807) is 12.4 Å². The van der Waals surface area contributed by atoms with Crippen LogP contribution in [0.1, 0.15) is 50.5 Å². The van der Waals surface area contributed by atoms with Crippen molar-refractivity contribution in [2.24, 2.45) is 5.92 Å². The van der Waals surface area contributed by atoms with E-state index >= 15 is 0 Å². The van der Waals surface area contributed by atoms with Crippen LogP contribution in [0.25, 0.3) is 0 Å². The fraction of sp³-hybridized carbons (Fsp3) is 0.650. The summed E-state index contributed by atoms with van der Waals surface area (Å²) in [4.78, 5) is 32.9. The number of rotatable bonds is 5. The van der Waals surface area contributed by atoms with E-state index in [2.05, 4.69) is 4.98 Å². The van der Waals surface area contributed by atoms with Gasteiger partial charge in [-0.15, -0.1) is 0 Å². The Bertz CT molecular complexity index is 570. The van der Waals surface area contributed by atoms with Gasteiger partial charge >= 0.3 is 0 Å². The van der Waals surface area contributed by atoms with E-state index in [0.29, 0.717) is 31.8 Å². The fourth-order valence-electron chi connectivity index (χ4n) is 3.97. The van der Waals surface area contributed by atoms with Crippen LogP contribution in [0.15, 0.2) is 24.5 Å². The molecule has 2 fully saturated rings. The van der Waals surface area contributed by atoms with Crippen molar-refractivity contribution in [3.63, 3.8) is 0 Å². The van der Waals surface area contributed by atoms with Gasteiger partial charge in [0.2, 0.25) is 11.8 Å². The summed E-state index contributed by atoms with van der Waals surface area (Å²) in [6.45, 7) is 2.92. The number of nitrogens with zero attached hydrogens (tertiary/aromatic N) is 3. The highest BCUT2D eigenvalue weighted by molar-refractivity contribution is 5.78. The molecule has 2 aliphatic rings. The predicted octanol–water partition coefficient (Wildman–Crippen LogP) is 2.66. The largest absolute Gasteiger partial charge is 0.341 e. The minimum atomic E-state index is 0.196. The van der Waals surface area contributed by atoms with Crippen molar-refractivity contribution in [3.05, 3.63) is 30.1 Å². The van der Waals surface area contributed by atoms with Gasteiger partial charge in [-0.05, 0) is 49.3 Å². The molecule has 0 aromatic carbocycles. The first kappa shape index (κ1) is 17.9. The molecule has 0 radical (unpaired) electrons. The quantitative estimate of drug-likeness (QED) is 0.826. The average molecular weight is 343 g/mol. The van der Waals surface area contributed by atoms with Gasteiger partial charge in [0.25, 0.3) is 0 Å². The lowest BCUT2D eigenvalue weighted by Crippen LogP contribution is -2.37. The third-order valence-electron chi connectivity index (χ3n) is 5.52. The van der Waals surface area contributed by atoms with E-state index in [9.17, 15) is 9.59 Å². The Hall–Kier alpha value is -1.91. The van der Waals surface area contributed by atoms with Crippen LogP contribution in [-0.4, -0.2) is 52.8 Å². The Morgan fingerprint density at radius 1 is 0.920 bits per heavy atom. The molecule has 0 bridgehead atoms. The van der Waals surface area contributed by atoms with Crippen LogP contribution in [0.5, 0.6) is 0 Å². The van der Waals surface area contributed by atoms with Crippen molar-refractivity contribution in [2.45, 2.75) is 51.4 Å². The van der Waals surface area contributed by atoms with Crippen LogP contribution in [0, 0.1) is 5.92 Å². The zero-order chi connectivity index (χ0) is 17.5. The van der Waals surface area contributed by atoms with E-state index in [-0.39, 0.29) is 11.8 Å². The van der Waals surface area contributed by atoms with E-state index in [0.717, 1.165) is 31.5 Å². The summed E-state index contributed by atoms with van der Waals surface area (Å²) in [6, 6.07) is 3.91. The molecule has 5 heteroatoms. The average Bonchev–Trinajstić information content (AvgIpc) is 3.01. The van der Waals surface area contributed by atoms with Crippen LogP contribution >= 0.6 is 0 Å². The highest BCUT2D eigenvalue weighted by Gasteiger charge is 2.25. The molecule has 1 saturated heterocycles. The minimum Gasteiger partial charge on any atom is -0.341 e. The summed E-state index contributed by atoms with van der Waals surface area (Å²) >= 11 is 0. The maximum atomic E-state index is 12.5. The number of hydrogen-bond donors (Lipinski definition) is 0. The maximum Gasteiger partial charge on any atom is 0.222 e. The molecular formula is C20H29N3O2. The van der Waals surface area contributed by atoms with Crippen molar-refractivity contribution < 1.29 is 9.59 Å². The molecule has 0 unspecified atom stereocenters. The molecule has 1 aromatic heterocycles. The Morgan fingerprint density at radius 2 is 1.56 bits per heavy atom. The van der Waals surface area contributed by atoms with Crippen molar-refractivity contribution in [2.75, 3.05) is 26.2 Å². The number of hydrogen-bond acceptors (Lipinski definition) is 3. The Kier molecular flexibility index (Phi) is 6.42. The van der Waals surface area contributed by atoms with Gasteiger partial charge in [-0.3, -0.25) is 14.6 Å². The van der Waals surface area contributed by atoms with Gasteiger partial charge in [-0.2, -0.15) is 0 Å². The van der Waals surface area contributed by atoms with Crippen LogP contribution in [0.4, 0.5) is 0 Å². The number of pyridine rings is 1. The SMILES string of the molecule is O=C(CCc1ccncc1)N1CCCN(C(=O)CC2CCCC2)CC1. The topological polar surface area (TPSA) is 53.5 Å². The molecular weight excluding hydrogens is 314 g/mol. The van der Waals surface area contributed by atoms with Crippen LogP contribution in [0.3, 0.4) is 0 Å². The maximum absolute atomic E-state index is 12.5. The van der Waals surface area contributed by atoms with Crippen molar-refractivity contribution >= 4 is 11.8 Å². The second-order valence-corrected chi connectivity index (χ2v) is 7.33. The normalized spacial score (nSPS) is 19.0. The Balaban J connectivity index is 1.44. The van der Waals surface area contributed by atoms with Crippen LogP contribution in [-0.2, 0) is 16.0 Å². The molecule has 1 saturated carbocycles. The lowest BCUT2D eigenvalue weighted by Gasteiger charge is -2.23. The number of aryl methyl sites for hydroxylation is 1. The molecule has 0 N–H and O–H groups in total.